The highest BCUT2D eigenvalue weighted by molar-refractivity contribution is 5.96. The maximum absolute atomic E-state index is 13.0. The van der Waals surface area contributed by atoms with E-state index in [2.05, 4.69) is 0 Å². The molecule has 0 amide bonds. The molecule has 0 aromatic heterocycles. The molecule has 5 heteroatoms. The van der Waals surface area contributed by atoms with Gasteiger partial charge in [-0.15, -0.1) is 0 Å². The Kier molecular flexibility index (Phi) is 3.85. The van der Waals surface area contributed by atoms with E-state index < -0.39 is 28.8 Å². The third-order valence-corrected chi connectivity index (χ3v) is 1.90. The maximum Gasteiger partial charge on any atom is 0.195 e. The number of carbonyl (C=O) groups is 1. The van der Waals surface area contributed by atoms with Crippen LogP contribution in [0.5, 0.6) is 0 Å². The van der Waals surface area contributed by atoms with Crippen molar-refractivity contribution in [2.24, 2.45) is 0 Å². The Morgan fingerprint density at radius 2 is 1.87 bits per heavy atom. The molecule has 0 aliphatic heterocycles. The molecular formula is C10H9F3O2. The average Bonchev–Trinajstić information content (AvgIpc) is 2.23. The van der Waals surface area contributed by atoms with Crippen LogP contribution in [0, 0.1) is 17.5 Å². The van der Waals surface area contributed by atoms with Gasteiger partial charge in [-0.25, -0.2) is 13.2 Å². The van der Waals surface area contributed by atoms with E-state index >= 15 is 0 Å². The summed E-state index contributed by atoms with van der Waals surface area (Å²) in [6.45, 7) is -0.211. The number of hydrogen-bond acceptors (Lipinski definition) is 2. The van der Waals surface area contributed by atoms with Crippen molar-refractivity contribution in [2.75, 3.05) is 6.61 Å². The third-order valence-electron chi connectivity index (χ3n) is 1.90. The summed E-state index contributed by atoms with van der Waals surface area (Å²) in [5, 5.41) is 8.45. The fourth-order valence-electron chi connectivity index (χ4n) is 1.12. The Hall–Kier alpha value is -1.36. The van der Waals surface area contributed by atoms with Gasteiger partial charge in [0, 0.05) is 13.0 Å². The normalized spacial score (nSPS) is 10.4. The minimum atomic E-state index is -1.65. The molecule has 0 radical (unpaired) electrons. The zero-order valence-corrected chi connectivity index (χ0v) is 7.77. The van der Waals surface area contributed by atoms with Crippen molar-refractivity contribution in [1.82, 2.24) is 0 Å². The summed E-state index contributed by atoms with van der Waals surface area (Å²) < 4.78 is 38.3. The van der Waals surface area contributed by atoms with Crippen LogP contribution >= 0.6 is 0 Å². The second kappa shape index (κ2) is 4.93. The van der Waals surface area contributed by atoms with E-state index in [1.54, 1.807) is 0 Å². The molecule has 0 saturated carbocycles. The Morgan fingerprint density at radius 3 is 2.47 bits per heavy atom. The van der Waals surface area contributed by atoms with Gasteiger partial charge in [0.2, 0.25) is 0 Å². The number of hydrogen-bond donors (Lipinski definition) is 1. The van der Waals surface area contributed by atoms with Crippen molar-refractivity contribution in [2.45, 2.75) is 12.8 Å². The number of rotatable bonds is 4. The summed E-state index contributed by atoms with van der Waals surface area (Å²) >= 11 is 0. The number of aliphatic hydroxyl groups is 1. The van der Waals surface area contributed by atoms with Crippen molar-refractivity contribution in [3.63, 3.8) is 0 Å². The fraction of sp³-hybridized carbons (Fsp3) is 0.300. The largest absolute Gasteiger partial charge is 0.396 e. The third kappa shape index (κ3) is 2.56. The molecule has 0 saturated heterocycles. The van der Waals surface area contributed by atoms with Gasteiger partial charge in [0.05, 0.1) is 5.56 Å². The van der Waals surface area contributed by atoms with Crippen molar-refractivity contribution in [1.29, 1.82) is 0 Å². The van der Waals surface area contributed by atoms with Crippen LogP contribution in [0.2, 0.25) is 0 Å². The van der Waals surface area contributed by atoms with E-state index in [0.717, 1.165) is 6.07 Å². The molecule has 0 fully saturated rings. The van der Waals surface area contributed by atoms with Crippen molar-refractivity contribution >= 4 is 5.78 Å². The van der Waals surface area contributed by atoms with Crippen LogP contribution in [0.4, 0.5) is 13.2 Å². The van der Waals surface area contributed by atoms with Crippen LogP contribution in [0.15, 0.2) is 12.1 Å². The molecule has 1 aromatic rings. The molecule has 0 bridgehead atoms. The SMILES string of the molecule is O=C(CCCO)c1ccc(F)c(F)c1F. The zero-order valence-electron chi connectivity index (χ0n) is 7.77. The van der Waals surface area contributed by atoms with Gasteiger partial charge in [0.25, 0.3) is 0 Å². The molecule has 0 aliphatic carbocycles. The molecule has 0 unspecified atom stereocenters. The summed E-state index contributed by atoms with van der Waals surface area (Å²) in [4.78, 5) is 11.2. The summed E-state index contributed by atoms with van der Waals surface area (Å²) in [7, 11) is 0. The molecule has 0 heterocycles. The fourth-order valence-corrected chi connectivity index (χ4v) is 1.12. The van der Waals surface area contributed by atoms with Crippen molar-refractivity contribution in [3.8, 4) is 0 Å². The predicted molar refractivity (Wildman–Crippen MR) is 47.0 cm³/mol. The highest BCUT2D eigenvalue weighted by Gasteiger charge is 2.17. The van der Waals surface area contributed by atoms with E-state index in [1.165, 1.54) is 0 Å². The number of carbonyl (C=O) groups excluding carboxylic acids is 1. The highest BCUT2D eigenvalue weighted by Crippen LogP contribution is 2.16. The Bertz CT molecular complexity index is 377. The lowest BCUT2D eigenvalue weighted by Crippen LogP contribution is -2.06. The predicted octanol–water partition coefficient (Wildman–Crippen LogP) is 2.06. The summed E-state index contributed by atoms with van der Waals surface area (Å²) in [6.07, 6.45) is 0.0652. The van der Waals surface area contributed by atoms with Crippen LogP contribution in [-0.4, -0.2) is 17.5 Å². The molecular weight excluding hydrogens is 209 g/mol. The monoisotopic (exact) mass is 218 g/mol. The van der Waals surface area contributed by atoms with E-state index in [9.17, 15) is 18.0 Å². The molecule has 1 rings (SSSR count). The standard InChI is InChI=1S/C10H9F3O2/c11-7-4-3-6(9(12)10(7)13)8(15)2-1-5-14/h3-4,14H,1-2,5H2. The smallest absolute Gasteiger partial charge is 0.195 e. The molecule has 2 nitrogen and oxygen atoms in total. The first-order chi connectivity index (χ1) is 7.07. The van der Waals surface area contributed by atoms with Crippen LogP contribution < -0.4 is 0 Å². The van der Waals surface area contributed by atoms with Gasteiger partial charge >= 0.3 is 0 Å². The molecule has 15 heavy (non-hydrogen) atoms. The Balaban J connectivity index is 2.95. The second-order valence-electron chi connectivity index (χ2n) is 2.97. The highest BCUT2D eigenvalue weighted by atomic mass is 19.2. The first-order valence-electron chi connectivity index (χ1n) is 4.35. The molecule has 1 aromatic carbocycles. The topological polar surface area (TPSA) is 37.3 Å². The molecule has 0 spiro atoms. The molecule has 0 atom stereocenters. The lowest BCUT2D eigenvalue weighted by molar-refractivity contribution is 0.0966. The van der Waals surface area contributed by atoms with Gasteiger partial charge in [-0.3, -0.25) is 4.79 Å². The van der Waals surface area contributed by atoms with Crippen molar-refractivity contribution < 1.29 is 23.1 Å². The lowest BCUT2D eigenvalue weighted by Gasteiger charge is -2.02. The van der Waals surface area contributed by atoms with Gasteiger partial charge in [-0.2, -0.15) is 0 Å². The first kappa shape index (κ1) is 11.7. The maximum atomic E-state index is 13.0. The van der Waals surface area contributed by atoms with Crippen LogP contribution in [0.3, 0.4) is 0 Å². The lowest BCUT2D eigenvalue weighted by atomic mass is 10.1. The van der Waals surface area contributed by atoms with Crippen LogP contribution in [0.25, 0.3) is 0 Å². The second-order valence-corrected chi connectivity index (χ2v) is 2.97. The van der Waals surface area contributed by atoms with E-state index in [0.29, 0.717) is 6.07 Å². The van der Waals surface area contributed by atoms with Gasteiger partial charge in [0.1, 0.15) is 0 Å². The van der Waals surface area contributed by atoms with E-state index in [-0.39, 0.29) is 19.4 Å². The van der Waals surface area contributed by atoms with Gasteiger partial charge in [-0.1, -0.05) is 0 Å². The van der Waals surface area contributed by atoms with Crippen LogP contribution in [0.1, 0.15) is 23.2 Å². The van der Waals surface area contributed by atoms with Crippen molar-refractivity contribution in [3.05, 3.63) is 35.1 Å². The summed E-state index contributed by atoms with van der Waals surface area (Å²) in [5.74, 6) is -5.10. The summed E-state index contributed by atoms with van der Waals surface area (Å²) in [6, 6.07) is 1.60. The van der Waals surface area contributed by atoms with Gasteiger partial charge < -0.3 is 5.11 Å². The minimum absolute atomic E-state index is 0.0987. The van der Waals surface area contributed by atoms with E-state index in [1.807, 2.05) is 0 Å². The molecule has 82 valence electrons. The number of Topliss-reactive ketones (excluding diaryl/α,β-unsaturated/α-hetero) is 1. The molecule has 0 aliphatic rings. The summed E-state index contributed by atoms with van der Waals surface area (Å²) in [5.41, 5.74) is -0.484. The zero-order chi connectivity index (χ0) is 11.4. The van der Waals surface area contributed by atoms with Gasteiger partial charge in [-0.05, 0) is 18.6 Å². The van der Waals surface area contributed by atoms with Crippen LogP contribution in [-0.2, 0) is 0 Å². The first-order valence-corrected chi connectivity index (χ1v) is 4.35. The number of ketones is 1. The quantitative estimate of drug-likeness (QED) is 0.620. The Labute approximate surface area is 84.3 Å². The Morgan fingerprint density at radius 1 is 1.20 bits per heavy atom. The minimum Gasteiger partial charge on any atom is -0.396 e. The number of aliphatic hydroxyl groups excluding tert-OH is 1. The molecule has 1 N–H and O–H groups in total. The average molecular weight is 218 g/mol. The van der Waals surface area contributed by atoms with E-state index in [4.69, 9.17) is 5.11 Å². The number of halogens is 3. The van der Waals surface area contributed by atoms with Gasteiger partial charge in [0.15, 0.2) is 23.2 Å². The number of benzene rings is 1.